The van der Waals surface area contributed by atoms with Gasteiger partial charge in [-0.05, 0) is 61.8 Å². The molecule has 3 heterocycles. The number of nitrogens with two attached hydrogens (primary N) is 1. The van der Waals surface area contributed by atoms with Gasteiger partial charge < -0.3 is 15.2 Å². The summed E-state index contributed by atoms with van der Waals surface area (Å²) in [6, 6.07) is 9.71. The van der Waals surface area contributed by atoms with Gasteiger partial charge in [-0.3, -0.25) is 14.7 Å². The topological polar surface area (TPSA) is 114 Å². The second-order valence-electron chi connectivity index (χ2n) is 9.86. The molecule has 0 saturated heterocycles. The number of hydrogen-bond donors (Lipinski definition) is 1. The van der Waals surface area contributed by atoms with Crippen molar-refractivity contribution in [3.8, 4) is 22.9 Å². The Bertz CT molecular complexity index is 1230. The van der Waals surface area contributed by atoms with E-state index in [0.717, 1.165) is 30.6 Å². The first kappa shape index (κ1) is 21.1. The molecule has 4 unspecified atom stereocenters. The summed E-state index contributed by atoms with van der Waals surface area (Å²) >= 11 is 0. The third-order valence-electron chi connectivity index (χ3n) is 7.67. The van der Waals surface area contributed by atoms with Crippen molar-refractivity contribution in [2.24, 2.45) is 22.6 Å². The van der Waals surface area contributed by atoms with E-state index in [0.29, 0.717) is 29.2 Å². The lowest BCUT2D eigenvalue weighted by atomic mass is 9.66. The second kappa shape index (κ2) is 7.81. The highest BCUT2D eigenvalue weighted by Crippen LogP contribution is 2.54. The largest absolute Gasteiger partial charge is 0.490 e. The zero-order valence-corrected chi connectivity index (χ0v) is 19.1. The maximum Gasteiger partial charge on any atom is 0.262 e. The molecule has 1 spiro atoms. The van der Waals surface area contributed by atoms with Gasteiger partial charge in [-0.15, -0.1) is 0 Å². The first-order valence-corrected chi connectivity index (χ1v) is 11.9. The molecule has 174 valence electrons. The van der Waals surface area contributed by atoms with Crippen LogP contribution in [0.25, 0.3) is 11.1 Å². The van der Waals surface area contributed by atoms with E-state index in [1.54, 1.807) is 19.3 Å². The Balaban J connectivity index is 1.44. The molecule has 1 aromatic carbocycles. The van der Waals surface area contributed by atoms with E-state index in [-0.39, 0.29) is 30.0 Å². The molecule has 0 radical (unpaired) electrons. The van der Waals surface area contributed by atoms with Crippen LogP contribution in [0.3, 0.4) is 0 Å². The van der Waals surface area contributed by atoms with Gasteiger partial charge in [0.1, 0.15) is 17.9 Å². The number of nitrogens with zero attached hydrogens (tertiary/aromatic N) is 4. The maximum absolute atomic E-state index is 13.8. The lowest BCUT2D eigenvalue weighted by molar-refractivity contribution is -0.139. The zero-order chi connectivity index (χ0) is 23.4. The van der Waals surface area contributed by atoms with Crippen molar-refractivity contribution in [3.63, 3.8) is 0 Å². The number of carbonyl (C=O) groups is 1. The number of carbonyl (C=O) groups excluding carboxylic acids is 1. The predicted octanol–water partition coefficient (Wildman–Crippen LogP) is 2.96. The molecule has 0 bridgehead atoms. The van der Waals surface area contributed by atoms with E-state index in [1.807, 2.05) is 18.2 Å². The smallest absolute Gasteiger partial charge is 0.262 e. The molecule has 2 aliphatic heterocycles. The van der Waals surface area contributed by atoms with Crippen LogP contribution >= 0.6 is 0 Å². The molecule has 2 aliphatic carbocycles. The molecule has 8 heteroatoms. The predicted molar refractivity (Wildman–Crippen MR) is 125 cm³/mol. The summed E-state index contributed by atoms with van der Waals surface area (Å²) in [5.41, 5.74) is 7.91. The summed E-state index contributed by atoms with van der Waals surface area (Å²) in [5, 5.41) is 9.29. The highest BCUT2D eigenvalue weighted by Gasteiger charge is 2.61. The van der Waals surface area contributed by atoms with Crippen molar-refractivity contribution < 1.29 is 14.3 Å². The number of aliphatic imine (C=N–C) groups is 1. The number of pyridine rings is 1. The number of rotatable bonds is 4. The Kier molecular flexibility index (Phi) is 4.85. The summed E-state index contributed by atoms with van der Waals surface area (Å²) in [6.07, 6.45) is 8.10. The monoisotopic (exact) mass is 457 g/mol. The van der Waals surface area contributed by atoms with Gasteiger partial charge in [0.15, 0.2) is 11.5 Å². The quantitative estimate of drug-likeness (QED) is 0.755. The first-order chi connectivity index (χ1) is 16.5. The first-order valence-electron chi connectivity index (χ1n) is 11.9. The van der Waals surface area contributed by atoms with Gasteiger partial charge >= 0.3 is 0 Å². The number of ether oxygens (including phenoxy) is 2. The average Bonchev–Trinajstić information content (AvgIpc) is 3.67. The number of likely N-dealkylation sites (N-methyl/N-ethyl adjacent to an activating group) is 1. The third-order valence-corrected chi connectivity index (χ3v) is 7.67. The van der Waals surface area contributed by atoms with E-state index < -0.39 is 5.54 Å². The molecular formula is C26H27N5O3. The Morgan fingerprint density at radius 2 is 2.09 bits per heavy atom. The third kappa shape index (κ3) is 3.26. The number of amides is 1. The van der Waals surface area contributed by atoms with Gasteiger partial charge in [-0.1, -0.05) is 6.07 Å². The van der Waals surface area contributed by atoms with Gasteiger partial charge in [0, 0.05) is 43.1 Å². The summed E-state index contributed by atoms with van der Waals surface area (Å²) in [7, 11) is 1.67. The molecule has 2 N–H and O–H groups in total. The van der Waals surface area contributed by atoms with E-state index in [1.165, 1.54) is 23.9 Å². The average molecular weight is 458 g/mol. The van der Waals surface area contributed by atoms with Crippen LogP contribution in [-0.4, -0.2) is 47.6 Å². The molecule has 4 atom stereocenters. The van der Waals surface area contributed by atoms with E-state index >= 15 is 0 Å². The van der Waals surface area contributed by atoms with E-state index in [9.17, 15) is 10.1 Å². The fourth-order valence-corrected chi connectivity index (χ4v) is 5.60. The minimum atomic E-state index is -1.14. The highest BCUT2D eigenvalue weighted by atomic mass is 16.5. The van der Waals surface area contributed by atoms with Crippen LogP contribution in [0.2, 0.25) is 0 Å². The van der Waals surface area contributed by atoms with Crippen molar-refractivity contribution in [1.82, 2.24) is 9.88 Å². The number of fused-ring (bicyclic) bond motifs is 4. The van der Waals surface area contributed by atoms with Gasteiger partial charge in [0.05, 0.1) is 11.7 Å². The Hall–Kier alpha value is -3.44. The zero-order valence-electron chi connectivity index (χ0n) is 19.1. The highest BCUT2D eigenvalue weighted by molar-refractivity contribution is 6.07. The molecule has 34 heavy (non-hydrogen) atoms. The minimum Gasteiger partial charge on any atom is -0.490 e. The standard InChI is InChI=1S/C26H27N5O3/c1-31-24(32)26(30-25(31)28)20-9-17(18-8-16(11-27)12-29-13-18)4-6-22(20)34-23-7-5-19(10-21(23)26)33-14-15-2-3-15/h4,6,8-9,12-13,15,19,21,23H,2-3,5,7,10,14H2,1H3,(H2,28,30). The van der Waals surface area contributed by atoms with Gasteiger partial charge in [0.25, 0.3) is 5.91 Å². The van der Waals surface area contributed by atoms with E-state index in [2.05, 4.69) is 11.1 Å². The molecule has 1 aromatic heterocycles. The number of benzene rings is 1. The number of guanidine groups is 1. The minimum absolute atomic E-state index is 0.0821. The normalized spacial score (nSPS) is 29.8. The van der Waals surface area contributed by atoms with Gasteiger partial charge in [-0.2, -0.15) is 5.26 Å². The molecule has 6 rings (SSSR count). The van der Waals surface area contributed by atoms with Crippen molar-refractivity contribution in [3.05, 3.63) is 47.8 Å². The second-order valence-corrected chi connectivity index (χ2v) is 9.86. The summed E-state index contributed by atoms with van der Waals surface area (Å²) < 4.78 is 12.7. The molecule has 4 aliphatic rings. The summed E-state index contributed by atoms with van der Waals surface area (Å²) in [6.45, 7) is 0.790. The van der Waals surface area contributed by atoms with Crippen molar-refractivity contribution in [2.45, 2.75) is 49.9 Å². The lowest BCUT2D eigenvalue weighted by Gasteiger charge is -2.47. The Morgan fingerprint density at radius 3 is 2.82 bits per heavy atom. The summed E-state index contributed by atoms with van der Waals surface area (Å²) in [5.74, 6) is 1.26. The van der Waals surface area contributed by atoms with Crippen LogP contribution in [0.1, 0.15) is 43.2 Å². The van der Waals surface area contributed by atoms with Crippen molar-refractivity contribution in [2.75, 3.05) is 13.7 Å². The molecule has 1 amide bonds. The molecular weight excluding hydrogens is 430 g/mol. The summed E-state index contributed by atoms with van der Waals surface area (Å²) in [4.78, 5) is 24.3. The van der Waals surface area contributed by atoms with Crippen LogP contribution < -0.4 is 10.5 Å². The SMILES string of the molecule is CN1C(=O)C2(N=C1N)c1cc(-c3cncc(C#N)c3)ccc1OC1CCC(OCC3CC3)CC12. The fraction of sp³-hybridized carbons (Fsp3) is 0.462. The van der Waals surface area contributed by atoms with Crippen LogP contribution in [0.5, 0.6) is 5.75 Å². The van der Waals surface area contributed by atoms with Gasteiger partial charge in [0.2, 0.25) is 0 Å². The Morgan fingerprint density at radius 1 is 1.24 bits per heavy atom. The molecule has 2 aromatic rings. The van der Waals surface area contributed by atoms with Crippen LogP contribution in [-0.2, 0) is 15.1 Å². The molecule has 2 saturated carbocycles. The van der Waals surface area contributed by atoms with Crippen LogP contribution in [0, 0.1) is 23.2 Å². The maximum atomic E-state index is 13.8. The van der Waals surface area contributed by atoms with Crippen molar-refractivity contribution in [1.29, 1.82) is 5.26 Å². The van der Waals surface area contributed by atoms with Crippen LogP contribution in [0.15, 0.2) is 41.7 Å². The van der Waals surface area contributed by atoms with Gasteiger partial charge in [-0.25, -0.2) is 4.99 Å². The Labute approximate surface area is 198 Å². The lowest BCUT2D eigenvalue weighted by Crippen LogP contribution is -2.55. The van der Waals surface area contributed by atoms with Crippen molar-refractivity contribution >= 4 is 11.9 Å². The van der Waals surface area contributed by atoms with Crippen LogP contribution in [0.4, 0.5) is 0 Å². The molecule has 2 fully saturated rings. The number of aromatic nitrogens is 1. The molecule has 8 nitrogen and oxygen atoms in total. The van der Waals surface area contributed by atoms with E-state index in [4.69, 9.17) is 20.2 Å². The fourth-order valence-electron chi connectivity index (χ4n) is 5.60. The number of hydrogen-bond acceptors (Lipinski definition) is 7. The number of nitriles is 1.